The van der Waals surface area contributed by atoms with Gasteiger partial charge < -0.3 is 14.7 Å². The summed E-state index contributed by atoms with van der Waals surface area (Å²) in [7, 11) is 1.70. The molecule has 2 N–H and O–H groups in total. The van der Waals surface area contributed by atoms with Gasteiger partial charge in [0, 0.05) is 7.11 Å². The Balaban J connectivity index is 1.57. The lowest BCUT2D eigenvalue weighted by Gasteiger charge is -2.23. The van der Waals surface area contributed by atoms with Gasteiger partial charge in [-0.3, -0.25) is 4.57 Å². The number of thioether (sulfide) groups is 1. The zero-order chi connectivity index (χ0) is 20.1. The van der Waals surface area contributed by atoms with E-state index in [0.29, 0.717) is 24.5 Å². The number of aromatic nitrogens is 3. The lowest BCUT2D eigenvalue weighted by atomic mass is 10.1. The predicted octanol–water partition coefficient (Wildman–Crippen LogP) is 2.61. The summed E-state index contributed by atoms with van der Waals surface area (Å²) in [6.07, 6.45) is 4.06. The average molecular weight is 414 g/mol. The second-order valence-electron chi connectivity index (χ2n) is 7.58. The lowest BCUT2D eigenvalue weighted by molar-refractivity contribution is -0.902. The Morgan fingerprint density at radius 3 is 2.62 bits per heavy atom. The summed E-state index contributed by atoms with van der Waals surface area (Å²) in [6, 6.07) is 11.8. The molecule has 0 aliphatic carbocycles. The van der Waals surface area contributed by atoms with Crippen LogP contribution in [0.25, 0.3) is 22.2 Å². The molecule has 0 bridgehead atoms. The van der Waals surface area contributed by atoms with Crippen molar-refractivity contribution in [2.75, 3.05) is 39.1 Å². The summed E-state index contributed by atoms with van der Waals surface area (Å²) >= 11 is 1.75. The maximum atomic E-state index is 10.6. The standard InChI is InChI=1S/C22H28N4O2S/c1-28-13-11-26-21(19-15-17-7-3-4-8-18(17)16-20(19)27)23-24-22(26)29-14-12-25-9-5-2-6-10-25/h3-4,7-8,15-16,27H,2,5-6,9-14H2,1H3/p+1. The number of aromatic hydroxyl groups is 1. The van der Waals surface area contributed by atoms with Gasteiger partial charge in [-0.15, -0.1) is 10.2 Å². The van der Waals surface area contributed by atoms with Gasteiger partial charge in [-0.25, -0.2) is 0 Å². The van der Waals surface area contributed by atoms with Crippen molar-refractivity contribution in [3.05, 3.63) is 36.4 Å². The van der Waals surface area contributed by atoms with Crippen LogP contribution < -0.4 is 4.90 Å². The maximum absolute atomic E-state index is 10.6. The van der Waals surface area contributed by atoms with Crippen LogP contribution in [0.3, 0.4) is 0 Å². The molecule has 2 aromatic carbocycles. The molecule has 0 unspecified atom stereocenters. The summed E-state index contributed by atoms with van der Waals surface area (Å²) in [5, 5.41) is 22.5. The topological polar surface area (TPSA) is 64.6 Å². The number of hydrogen-bond acceptors (Lipinski definition) is 5. The Labute approximate surface area is 175 Å². The number of phenols is 1. The Hall–Kier alpha value is -2.09. The number of fused-ring (bicyclic) bond motifs is 1. The monoisotopic (exact) mass is 413 g/mol. The highest BCUT2D eigenvalue weighted by molar-refractivity contribution is 7.99. The number of quaternary nitrogens is 1. The van der Waals surface area contributed by atoms with E-state index in [0.717, 1.165) is 28.2 Å². The van der Waals surface area contributed by atoms with Crippen LogP contribution in [0.4, 0.5) is 0 Å². The Bertz CT molecular complexity index is 953. The van der Waals surface area contributed by atoms with Gasteiger partial charge in [0.25, 0.3) is 0 Å². The summed E-state index contributed by atoms with van der Waals surface area (Å²) in [5.74, 6) is 1.94. The largest absolute Gasteiger partial charge is 0.507 e. The molecule has 1 aromatic heterocycles. The molecule has 154 valence electrons. The van der Waals surface area contributed by atoms with Crippen LogP contribution in [-0.2, 0) is 11.3 Å². The molecule has 7 heteroatoms. The number of nitrogens with one attached hydrogen (secondary N) is 1. The van der Waals surface area contributed by atoms with Crippen molar-refractivity contribution in [1.29, 1.82) is 0 Å². The highest BCUT2D eigenvalue weighted by Crippen LogP contribution is 2.34. The van der Waals surface area contributed by atoms with Gasteiger partial charge in [0.2, 0.25) is 0 Å². The van der Waals surface area contributed by atoms with E-state index in [1.807, 2.05) is 30.3 Å². The van der Waals surface area contributed by atoms with Crippen LogP contribution in [0.1, 0.15) is 19.3 Å². The van der Waals surface area contributed by atoms with E-state index >= 15 is 0 Å². The van der Waals surface area contributed by atoms with Gasteiger partial charge in [-0.1, -0.05) is 36.0 Å². The van der Waals surface area contributed by atoms with Crippen LogP contribution in [0, 0.1) is 0 Å². The summed E-state index contributed by atoms with van der Waals surface area (Å²) in [4.78, 5) is 1.69. The van der Waals surface area contributed by atoms with Crippen LogP contribution >= 0.6 is 11.8 Å². The smallest absolute Gasteiger partial charge is 0.191 e. The number of nitrogens with zero attached hydrogens (tertiary/aromatic N) is 3. The molecule has 6 nitrogen and oxygen atoms in total. The quantitative estimate of drug-likeness (QED) is 0.556. The fourth-order valence-electron chi connectivity index (χ4n) is 3.97. The SMILES string of the molecule is COCCn1c(SCC[NH+]2CCCCC2)nnc1-c1cc2ccccc2cc1O. The number of methoxy groups -OCH3 is 1. The van der Waals surface area contributed by atoms with Crippen molar-refractivity contribution in [2.24, 2.45) is 0 Å². The van der Waals surface area contributed by atoms with Gasteiger partial charge in [0.05, 0.1) is 44.1 Å². The number of phenolic OH excluding ortho intramolecular Hbond substituents is 1. The van der Waals surface area contributed by atoms with Crippen molar-refractivity contribution >= 4 is 22.5 Å². The Morgan fingerprint density at radius 2 is 1.86 bits per heavy atom. The number of rotatable bonds is 8. The van der Waals surface area contributed by atoms with Crippen molar-refractivity contribution < 1.29 is 14.7 Å². The fourth-order valence-corrected chi connectivity index (χ4v) is 4.98. The minimum Gasteiger partial charge on any atom is -0.507 e. The first kappa shape index (κ1) is 20.2. The van der Waals surface area contributed by atoms with E-state index < -0.39 is 0 Å². The number of ether oxygens (including phenoxy) is 1. The predicted molar refractivity (Wildman–Crippen MR) is 117 cm³/mol. The average Bonchev–Trinajstić information content (AvgIpc) is 3.15. The van der Waals surface area contributed by atoms with Gasteiger partial charge in [-0.2, -0.15) is 0 Å². The van der Waals surface area contributed by atoms with E-state index in [9.17, 15) is 5.11 Å². The highest BCUT2D eigenvalue weighted by Gasteiger charge is 2.19. The van der Waals surface area contributed by atoms with Crippen molar-refractivity contribution in [2.45, 2.75) is 31.0 Å². The van der Waals surface area contributed by atoms with Crippen molar-refractivity contribution in [1.82, 2.24) is 14.8 Å². The molecule has 1 fully saturated rings. The van der Waals surface area contributed by atoms with Gasteiger partial charge >= 0.3 is 0 Å². The first-order valence-electron chi connectivity index (χ1n) is 10.4. The first-order chi connectivity index (χ1) is 14.3. The molecule has 0 amide bonds. The number of piperidine rings is 1. The molecule has 1 aliphatic heterocycles. The number of benzene rings is 2. The summed E-state index contributed by atoms with van der Waals surface area (Å²) in [5.41, 5.74) is 0.709. The second kappa shape index (κ2) is 9.61. The molecule has 0 saturated carbocycles. The molecule has 1 saturated heterocycles. The minimum absolute atomic E-state index is 0.226. The minimum atomic E-state index is 0.226. The zero-order valence-corrected chi connectivity index (χ0v) is 17.7. The third-order valence-corrected chi connectivity index (χ3v) is 6.56. The number of likely N-dealkylation sites (tertiary alicyclic amines) is 1. The molecule has 2 heterocycles. The molecule has 1 aliphatic rings. The molecule has 0 radical (unpaired) electrons. The van der Waals surface area contributed by atoms with E-state index in [2.05, 4.69) is 14.8 Å². The van der Waals surface area contributed by atoms with E-state index in [1.165, 1.54) is 32.4 Å². The lowest BCUT2D eigenvalue weighted by Crippen LogP contribution is -3.13. The van der Waals surface area contributed by atoms with Gasteiger partial charge in [-0.05, 0) is 42.2 Å². The van der Waals surface area contributed by atoms with Crippen LogP contribution in [0.15, 0.2) is 41.6 Å². The first-order valence-corrected chi connectivity index (χ1v) is 11.4. The molecule has 0 spiro atoms. The number of hydrogen-bond donors (Lipinski definition) is 2. The van der Waals surface area contributed by atoms with Crippen LogP contribution in [-0.4, -0.2) is 59.0 Å². The molecular formula is C22H29N4O2S+. The van der Waals surface area contributed by atoms with E-state index in [-0.39, 0.29) is 5.75 Å². The Kier molecular flexibility index (Phi) is 6.69. The normalized spacial score (nSPS) is 15.2. The molecular weight excluding hydrogens is 384 g/mol. The van der Waals surface area contributed by atoms with Crippen LogP contribution in [0.5, 0.6) is 5.75 Å². The molecule has 29 heavy (non-hydrogen) atoms. The van der Waals surface area contributed by atoms with Gasteiger partial charge in [0.15, 0.2) is 11.0 Å². The van der Waals surface area contributed by atoms with Crippen molar-refractivity contribution in [3.8, 4) is 17.1 Å². The van der Waals surface area contributed by atoms with Gasteiger partial charge in [0.1, 0.15) is 5.75 Å². The Morgan fingerprint density at radius 1 is 1.10 bits per heavy atom. The molecule has 4 rings (SSSR count). The summed E-state index contributed by atoms with van der Waals surface area (Å²) < 4.78 is 7.38. The van der Waals surface area contributed by atoms with Crippen LogP contribution in [0.2, 0.25) is 0 Å². The second-order valence-corrected chi connectivity index (χ2v) is 8.64. The fraction of sp³-hybridized carbons (Fsp3) is 0.455. The highest BCUT2D eigenvalue weighted by atomic mass is 32.2. The van der Waals surface area contributed by atoms with Crippen molar-refractivity contribution in [3.63, 3.8) is 0 Å². The maximum Gasteiger partial charge on any atom is 0.191 e. The third-order valence-electron chi connectivity index (χ3n) is 5.59. The summed E-state index contributed by atoms with van der Waals surface area (Å²) in [6.45, 7) is 4.95. The molecule has 0 atom stereocenters. The zero-order valence-electron chi connectivity index (χ0n) is 16.9. The van der Waals surface area contributed by atoms with E-state index in [4.69, 9.17) is 4.74 Å². The molecule has 3 aromatic rings. The third kappa shape index (κ3) is 4.74. The van der Waals surface area contributed by atoms with E-state index in [1.54, 1.807) is 29.8 Å².